The number of ether oxygens (including phenoxy) is 1. The van der Waals surface area contributed by atoms with Crippen LogP contribution in [0.4, 0.5) is 10.1 Å². The normalized spacial score (nSPS) is 10.4. The fraction of sp³-hybridized carbons (Fsp3) is 0.188. The molecule has 0 unspecified atom stereocenters. The summed E-state index contributed by atoms with van der Waals surface area (Å²) in [6, 6.07) is 11.0. The van der Waals surface area contributed by atoms with Crippen molar-refractivity contribution >= 4 is 11.6 Å². The Morgan fingerprint density at radius 3 is 2.81 bits per heavy atom. The largest absolute Gasteiger partial charge is 0.392 e. The van der Waals surface area contributed by atoms with Crippen LogP contribution >= 0.6 is 0 Å². The number of aliphatic hydroxyl groups is 1. The first kappa shape index (κ1) is 15.2. The Morgan fingerprint density at radius 1 is 1.29 bits per heavy atom. The minimum Gasteiger partial charge on any atom is -0.392 e. The third-order valence-electron chi connectivity index (χ3n) is 2.98. The molecule has 2 aromatic carbocycles. The topological polar surface area (TPSA) is 58.6 Å². The number of anilines is 1. The summed E-state index contributed by atoms with van der Waals surface area (Å²) in [7, 11) is 1.46. The second-order valence-electron chi connectivity index (χ2n) is 4.55. The van der Waals surface area contributed by atoms with Crippen LogP contribution in [0, 0.1) is 5.82 Å². The van der Waals surface area contributed by atoms with Gasteiger partial charge >= 0.3 is 0 Å². The molecule has 0 bridgehead atoms. The van der Waals surface area contributed by atoms with Gasteiger partial charge in [-0.05, 0) is 35.9 Å². The molecule has 0 saturated carbocycles. The molecular formula is C16H16FNO3. The number of hydrogen-bond donors (Lipinski definition) is 2. The van der Waals surface area contributed by atoms with Crippen LogP contribution in [0.1, 0.15) is 21.5 Å². The monoisotopic (exact) mass is 289 g/mol. The first-order valence-corrected chi connectivity index (χ1v) is 6.42. The highest BCUT2D eigenvalue weighted by Gasteiger charge is 2.10. The van der Waals surface area contributed by atoms with Crippen LogP contribution in [-0.4, -0.2) is 18.1 Å². The number of amides is 1. The summed E-state index contributed by atoms with van der Waals surface area (Å²) in [6.07, 6.45) is 0. The molecule has 2 N–H and O–H groups in total. The lowest BCUT2D eigenvalue weighted by molar-refractivity contribution is 0.102. The van der Waals surface area contributed by atoms with Crippen LogP contribution in [0.3, 0.4) is 0 Å². The SMILES string of the molecule is COCc1cc(C(=O)Nc2cccc(CO)c2)ccc1F. The van der Waals surface area contributed by atoms with Crippen LogP contribution in [0.5, 0.6) is 0 Å². The van der Waals surface area contributed by atoms with Gasteiger partial charge in [-0.3, -0.25) is 4.79 Å². The molecule has 0 spiro atoms. The smallest absolute Gasteiger partial charge is 0.255 e. The number of methoxy groups -OCH3 is 1. The zero-order valence-corrected chi connectivity index (χ0v) is 11.6. The van der Waals surface area contributed by atoms with Gasteiger partial charge in [0, 0.05) is 23.9 Å². The van der Waals surface area contributed by atoms with E-state index in [4.69, 9.17) is 9.84 Å². The Bertz CT molecular complexity index is 643. The summed E-state index contributed by atoms with van der Waals surface area (Å²) in [6.45, 7) is 0.00516. The zero-order chi connectivity index (χ0) is 15.2. The molecule has 0 aliphatic rings. The molecule has 0 fully saturated rings. The van der Waals surface area contributed by atoms with Gasteiger partial charge in [-0.2, -0.15) is 0 Å². The Kier molecular flexibility index (Phi) is 5.03. The fourth-order valence-corrected chi connectivity index (χ4v) is 1.93. The van der Waals surface area contributed by atoms with Crippen molar-refractivity contribution in [2.24, 2.45) is 0 Å². The highest BCUT2D eigenvalue weighted by molar-refractivity contribution is 6.04. The van der Waals surface area contributed by atoms with E-state index in [1.54, 1.807) is 24.3 Å². The van der Waals surface area contributed by atoms with E-state index in [0.717, 1.165) is 0 Å². The average molecular weight is 289 g/mol. The van der Waals surface area contributed by atoms with Crippen LogP contribution in [0.2, 0.25) is 0 Å². The van der Waals surface area contributed by atoms with Gasteiger partial charge in [0.15, 0.2) is 0 Å². The molecule has 0 aliphatic heterocycles. The summed E-state index contributed by atoms with van der Waals surface area (Å²) in [5.74, 6) is -0.752. The number of halogens is 1. The van der Waals surface area contributed by atoms with Crippen LogP contribution in [0.25, 0.3) is 0 Å². The number of nitrogens with one attached hydrogen (secondary N) is 1. The van der Waals surface area contributed by atoms with Crippen LogP contribution in [0.15, 0.2) is 42.5 Å². The number of carbonyl (C=O) groups excluding carboxylic acids is 1. The lowest BCUT2D eigenvalue weighted by atomic mass is 10.1. The molecule has 5 heteroatoms. The Morgan fingerprint density at radius 2 is 2.10 bits per heavy atom. The van der Waals surface area contributed by atoms with Crippen molar-refractivity contribution in [3.8, 4) is 0 Å². The number of hydrogen-bond acceptors (Lipinski definition) is 3. The minimum atomic E-state index is -0.407. The summed E-state index contributed by atoms with van der Waals surface area (Å²) >= 11 is 0. The molecule has 110 valence electrons. The summed E-state index contributed by atoms with van der Waals surface area (Å²) < 4.78 is 18.4. The van der Waals surface area contributed by atoms with Crippen molar-refractivity contribution in [2.45, 2.75) is 13.2 Å². The quantitative estimate of drug-likeness (QED) is 0.889. The molecule has 0 heterocycles. The molecule has 21 heavy (non-hydrogen) atoms. The first-order chi connectivity index (χ1) is 10.1. The Balaban J connectivity index is 2.18. The maximum Gasteiger partial charge on any atom is 0.255 e. The summed E-state index contributed by atoms with van der Waals surface area (Å²) in [5, 5.41) is 11.8. The maximum absolute atomic E-state index is 13.5. The van der Waals surface area contributed by atoms with Crippen molar-refractivity contribution in [3.63, 3.8) is 0 Å². The van der Waals surface area contributed by atoms with E-state index >= 15 is 0 Å². The number of rotatable bonds is 5. The van der Waals surface area contributed by atoms with E-state index in [1.807, 2.05) is 0 Å². The highest BCUT2D eigenvalue weighted by Crippen LogP contribution is 2.15. The molecule has 2 aromatic rings. The second-order valence-corrected chi connectivity index (χ2v) is 4.55. The van der Waals surface area contributed by atoms with Gasteiger partial charge in [0.25, 0.3) is 5.91 Å². The van der Waals surface area contributed by atoms with E-state index in [1.165, 1.54) is 25.3 Å². The minimum absolute atomic E-state index is 0.0990. The van der Waals surface area contributed by atoms with E-state index in [2.05, 4.69) is 5.32 Å². The third-order valence-corrected chi connectivity index (χ3v) is 2.98. The predicted octanol–water partition coefficient (Wildman–Crippen LogP) is 2.72. The molecule has 4 nitrogen and oxygen atoms in total. The van der Waals surface area contributed by atoms with Crippen LogP contribution in [-0.2, 0) is 18.0 Å². The Labute approximate surface area is 122 Å². The predicted molar refractivity (Wildman–Crippen MR) is 77.4 cm³/mol. The van der Waals surface area contributed by atoms with E-state index < -0.39 is 5.82 Å². The number of aliphatic hydroxyl groups excluding tert-OH is 1. The molecule has 0 aromatic heterocycles. The third kappa shape index (κ3) is 3.87. The lowest BCUT2D eigenvalue weighted by Gasteiger charge is -2.08. The summed E-state index contributed by atoms with van der Waals surface area (Å²) in [5.41, 5.74) is 1.95. The molecule has 0 atom stereocenters. The first-order valence-electron chi connectivity index (χ1n) is 6.42. The Hall–Kier alpha value is -2.24. The van der Waals surface area contributed by atoms with Gasteiger partial charge in [0.05, 0.1) is 13.2 Å². The molecule has 0 saturated heterocycles. The molecular weight excluding hydrogens is 273 g/mol. The fourth-order valence-electron chi connectivity index (χ4n) is 1.93. The standard InChI is InChI=1S/C16H16FNO3/c1-21-10-13-8-12(5-6-15(13)17)16(20)18-14-4-2-3-11(7-14)9-19/h2-8,19H,9-10H2,1H3,(H,18,20). The van der Waals surface area contributed by atoms with E-state index in [-0.39, 0.29) is 19.1 Å². The van der Waals surface area contributed by atoms with Crippen molar-refractivity contribution in [3.05, 3.63) is 65.0 Å². The second kappa shape index (κ2) is 6.97. The molecule has 0 aliphatic carbocycles. The molecule has 2 rings (SSSR count). The van der Waals surface area contributed by atoms with Gasteiger partial charge in [-0.25, -0.2) is 4.39 Å². The van der Waals surface area contributed by atoms with Crippen molar-refractivity contribution < 1.29 is 19.0 Å². The van der Waals surface area contributed by atoms with Gasteiger partial charge in [0.1, 0.15) is 5.82 Å². The van der Waals surface area contributed by atoms with Gasteiger partial charge in [-0.15, -0.1) is 0 Å². The summed E-state index contributed by atoms with van der Waals surface area (Å²) in [4.78, 5) is 12.1. The van der Waals surface area contributed by atoms with Gasteiger partial charge in [-0.1, -0.05) is 12.1 Å². The van der Waals surface area contributed by atoms with Crippen LogP contribution < -0.4 is 5.32 Å². The lowest BCUT2D eigenvalue weighted by Crippen LogP contribution is -2.13. The maximum atomic E-state index is 13.5. The van der Waals surface area contributed by atoms with Crippen molar-refractivity contribution in [2.75, 3.05) is 12.4 Å². The van der Waals surface area contributed by atoms with Crippen molar-refractivity contribution in [1.29, 1.82) is 0 Å². The van der Waals surface area contributed by atoms with E-state index in [9.17, 15) is 9.18 Å². The molecule has 1 amide bonds. The van der Waals surface area contributed by atoms with Gasteiger partial charge < -0.3 is 15.2 Å². The molecule has 0 radical (unpaired) electrons. The zero-order valence-electron chi connectivity index (χ0n) is 11.6. The number of benzene rings is 2. The van der Waals surface area contributed by atoms with Gasteiger partial charge in [0.2, 0.25) is 0 Å². The average Bonchev–Trinajstić information content (AvgIpc) is 2.50. The van der Waals surface area contributed by atoms with E-state index in [0.29, 0.717) is 22.4 Å². The highest BCUT2D eigenvalue weighted by atomic mass is 19.1. The van der Waals surface area contributed by atoms with Crippen molar-refractivity contribution in [1.82, 2.24) is 0 Å². The number of carbonyl (C=O) groups is 1.